The number of hydrogen-bond donors (Lipinski definition) is 1. The SMILES string of the molecule is Nc1nc2cccnc2n2cncc12. The first-order valence-corrected chi connectivity index (χ1v) is 4.18. The second kappa shape index (κ2) is 2.41. The van der Waals surface area contributed by atoms with Crippen molar-refractivity contribution in [2.24, 2.45) is 0 Å². The number of rotatable bonds is 0. The highest BCUT2D eigenvalue weighted by molar-refractivity contribution is 5.80. The van der Waals surface area contributed by atoms with Gasteiger partial charge in [-0.3, -0.25) is 4.40 Å². The molecule has 0 aromatic carbocycles. The van der Waals surface area contributed by atoms with E-state index in [9.17, 15) is 0 Å². The summed E-state index contributed by atoms with van der Waals surface area (Å²) < 4.78 is 1.83. The van der Waals surface area contributed by atoms with E-state index in [4.69, 9.17) is 5.73 Å². The molecule has 0 fully saturated rings. The third-order valence-corrected chi connectivity index (χ3v) is 2.14. The van der Waals surface area contributed by atoms with Crippen LogP contribution >= 0.6 is 0 Å². The Morgan fingerprint density at radius 3 is 3.21 bits per heavy atom. The molecule has 5 nitrogen and oxygen atoms in total. The van der Waals surface area contributed by atoms with Gasteiger partial charge in [-0.15, -0.1) is 0 Å². The van der Waals surface area contributed by atoms with Gasteiger partial charge in [0.1, 0.15) is 23.2 Å². The van der Waals surface area contributed by atoms with Crippen molar-refractivity contribution in [1.82, 2.24) is 19.4 Å². The van der Waals surface area contributed by atoms with Crippen molar-refractivity contribution in [3.05, 3.63) is 30.9 Å². The quantitative estimate of drug-likeness (QED) is 0.564. The van der Waals surface area contributed by atoms with Crippen LogP contribution in [0.5, 0.6) is 0 Å². The predicted molar refractivity (Wildman–Crippen MR) is 52.7 cm³/mol. The Morgan fingerprint density at radius 2 is 2.29 bits per heavy atom. The molecule has 0 unspecified atom stereocenters. The Labute approximate surface area is 79.2 Å². The number of fused-ring (bicyclic) bond motifs is 3. The summed E-state index contributed by atoms with van der Waals surface area (Å²) in [6.45, 7) is 0. The van der Waals surface area contributed by atoms with Crippen LogP contribution in [0.4, 0.5) is 5.82 Å². The zero-order valence-electron chi connectivity index (χ0n) is 7.25. The van der Waals surface area contributed by atoms with Gasteiger partial charge >= 0.3 is 0 Å². The van der Waals surface area contributed by atoms with Crippen LogP contribution < -0.4 is 5.73 Å². The lowest BCUT2D eigenvalue weighted by molar-refractivity contribution is 1.14. The molecule has 3 aromatic rings. The molecule has 0 saturated carbocycles. The molecule has 0 spiro atoms. The molecule has 0 amide bonds. The van der Waals surface area contributed by atoms with E-state index in [1.54, 1.807) is 18.7 Å². The van der Waals surface area contributed by atoms with Gasteiger partial charge in [0.15, 0.2) is 5.65 Å². The second-order valence-electron chi connectivity index (χ2n) is 2.99. The molecule has 0 radical (unpaired) electrons. The molecule has 0 aliphatic carbocycles. The van der Waals surface area contributed by atoms with E-state index in [-0.39, 0.29) is 0 Å². The molecular formula is C9H7N5. The maximum Gasteiger partial charge on any atom is 0.164 e. The number of aromatic nitrogens is 4. The minimum Gasteiger partial charge on any atom is -0.382 e. The number of nitrogens with two attached hydrogens (primary N) is 1. The Balaban J connectivity index is 2.66. The van der Waals surface area contributed by atoms with Crippen LogP contribution in [0.15, 0.2) is 30.9 Å². The van der Waals surface area contributed by atoms with Crippen molar-refractivity contribution in [3.63, 3.8) is 0 Å². The fourth-order valence-corrected chi connectivity index (χ4v) is 1.50. The van der Waals surface area contributed by atoms with Gasteiger partial charge in [0.25, 0.3) is 0 Å². The van der Waals surface area contributed by atoms with Crippen molar-refractivity contribution in [3.8, 4) is 0 Å². The monoisotopic (exact) mass is 185 g/mol. The summed E-state index contributed by atoms with van der Waals surface area (Å²) in [6.07, 6.45) is 5.08. The first-order chi connectivity index (χ1) is 6.86. The number of nitrogens with zero attached hydrogens (tertiary/aromatic N) is 4. The second-order valence-corrected chi connectivity index (χ2v) is 2.99. The minimum atomic E-state index is 0.475. The average Bonchev–Trinajstić information content (AvgIpc) is 2.67. The molecule has 0 aliphatic rings. The summed E-state index contributed by atoms with van der Waals surface area (Å²) in [6, 6.07) is 3.70. The highest BCUT2D eigenvalue weighted by atomic mass is 15.1. The molecule has 14 heavy (non-hydrogen) atoms. The fourth-order valence-electron chi connectivity index (χ4n) is 1.50. The Kier molecular flexibility index (Phi) is 1.25. The smallest absolute Gasteiger partial charge is 0.164 e. The molecular weight excluding hydrogens is 178 g/mol. The van der Waals surface area contributed by atoms with Gasteiger partial charge in [0, 0.05) is 6.20 Å². The van der Waals surface area contributed by atoms with Crippen molar-refractivity contribution >= 4 is 22.5 Å². The maximum atomic E-state index is 5.77. The first kappa shape index (κ1) is 7.25. The Hall–Kier alpha value is -2.17. The number of nitrogen functional groups attached to an aromatic ring is 1. The van der Waals surface area contributed by atoms with E-state index in [1.165, 1.54) is 0 Å². The van der Waals surface area contributed by atoms with Crippen LogP contribution in [0.3, 0.4) is 0 Å². The van der Waals surface area contributed by atoms with E-state index in [1.807, 2.05) is 16.5 Å². The predicted octanol–water partition coefficient (Wildman–Crippen LogP) is 0.860. The number of pyridine rings is 1. The van der Waals surface area contributed by atoms with Crippen molar-refractivity contribution in [2.45, 2.75) is 0 Å². The Morgan fingerprint density at radius 1 is 1.36 bits per heavy atom. The average molecular weight is 185 g/mol. The molecule has 3 rings (SSSR count). The zero-order valence-corrected chi connectivity index (χ0v) is 7.25. The van der Waals surface area contributed by atoms with Crippen LogP contribution in [-0.2, 0) is 0 Å². The first-order valence-electron chi connectivity index (χ1n) is 4.18. The van der Waals surface area contributed by atoms with Gasteiger partial charge in [-0.1, -0.05) is 0 Å². The maximum absolute atomic E-state index is 5.77. The van der Waals surface area contributed by atoms with E-state index in [0.717, 1.165) is 16.7 Å². The largest absolute Gasteiger partial charge is 0.382 e. The van der Waals surface area contributed by atoms with Crippen molar-refractivity contribution in [1.29, 1.82) is 0 Å². The number of hydrogen-bond acceptors (Lipinski definition) is 4. The highest BCUT2D eigenvalue weighted by Crippen LogP contribution is 2.16. The number of anilines is 1. The number of imidazole rings is 1. The van der Waals surface area contributed by atoms with Crippen molar-refractivity contribution < 1.29 is 0 Å². The summed E-state index contributed by atoms with van der Waals surface area (Å²) in [4.78, 5) is 12.5. The van der Waals surface area contributed by atoms with Gasteiger partial charge in [0.2, 0.25) is 0 Å². The molecule has 5 heteroatoms. The van der Waals surface area contributed by atoms with Crippen LogP contribution in [0.25, 0.3) is 16.7 Å². The van der Waals surface area contributed by atoms with E-state index < -0.39 is 0 Å². The minimum absolute atomic E-state index is 0.475. The van der Waals surface area contributed by atoms with Gasteiger partial charge in [-0.2, -0.15) is 0 Å². The fraction of sp³-hybridized carbons (Fsp3) is 0. The van der Waals surface area contributed by atoms with E-state index in [2.05, 4.69) is 15.0 Å². The molecule has 0 saturated heterocycles. The molecule has 2 N–H and O–H groups in total. The molecule has 0 bridgehead atoms. The normalized spacial score (nSPS) is 11.1. The molecule has 3 aromatic heterocycles. The molecule has 3 heterocycles. The lowest BCUT2D eigenvalue weighted by Crippen LogP contribution is -1.98. The standard InChI is InChI=1S/C9H7N5/c10-8-7-4-11-5-14(7)9-6(13-8)2-1-3-12-9/h1-5H,(H2,10,13). The topological polar surface area (TPSA) is 69.1 Å². The molecule has 0 aliphatic heterocycles. The van der Waals surface area contributed by atoms with Crippen LogP contribution in [-0.4, -0.2) is 19.4 Å². The van der Waals surface area contributed by atoms with Crippen LogP contribution in [0, 0.1) is 0 Å². The lowest BCUT2D eigenvalue weighted by Gasteiger charge is -2.01. The summed E-state index contributed by atoms with van der Waals surface area (Å²) in [7, 11) is 0. The summed E-state index contributed by atoms with van der Waals surface area (Å²) in [5, 5.41) is 0. The zero-order chi connectivity index (χ0) is 9.54. The third-order valence-electron chi connectivity index (χ3n) is 2.14. The van der Waals surface area contributed by atoms with Crippen LogP contribution in [0.1, 0.15) is 0 Å². The highest BCUT2D eigenvalue weighted by Gasteiger charge is 2.05. The van der Waals surface area contributed by atoms with E-state index in [0.29, 0.717) is 5.82 Å². The van der Waals surface area contributed by atoms with Gasteiger partial charge in [-0.25, -0.2) is 15.0 Å². The van der Waals surface area contributed by atoms with Crippen LogP contribution in [0.2, 0.25) is 0 Å². The molecule has 68 valence electrons. The summed E-state index contributed by atoms with van der Waals surface area (Å²) >= 11 is 0. The van der Waals surface area contributed by atoms with E-state index >= 15 is 0 Å². The third kappa shape index (κ3) is 0.806. The molecule has 0 atom stereocenters. The van der Waals surface area contributed by atoms with Crippen molar-refractivity contribution in [2.75, 3.05) is 5.73 Å². The van der Waals surface area contributed by atoms with Gasteiger partial charge in [0.05, 0.1) is 6.20 Å². The van der Waals surface area contributed by atoms with Gasteiger partial charge in [-0.05, 0) is 12.1 Å². The summed E-state index contributed by atoms with van der Waals surface area (Å²) in [5.74, 6) is 0.475. The lowest BCUT2D eigenvalue weighted by atomic mass is 10.4. The summed E-state index contributed by atoms with van der Waals surface area (Å²) in [5.41, 5.74) is 8.10. The van der Waals surface area contributed by atoms with Gasteiger partial charge < -0.3 is 5.73 Å². The Bertz CT molecular complexity index is 613.